The van der Waals surface area contributed by atoms with Crippen molar-refractivity contribution in [3.63, 3.8) is 0 Å². The van der Waals surface area contributed by atoms with Gasteiger partial charge in [0, 0.05) is 73.3 Å². The number of carboxylic acids is 1. The predicted molar refractivity (Wildman–Crippen MR) is 280 cm³/mol. The van der Waals surface area contributed by atoms with Gasteiger partial charge >= 0.3 is 5.97 Å². The van der Waals surface area contributed by atoms with Crippen LogP contribution in [0, 0.1) is 0 Å². The highest BCUT2D eigenvalue weighted by Gasteiger charge is 2.48. The van der Waals surface area contributed by atoms with Crippen LogP contribution in [0.2, 0.25) is 0 Å². The molecule has 2 aromatic carbocycles. The highest BCUT2D eigenvalue weighted by molar-refractivity contribution is 7.86. The molecule has 0 bridgehead atoms. The number of methoxy groups -OCH3 is 2. The van der Waals surface area contributed by atoms with Crippen LogP contribution in [0.3, 0.4) is 0 Å². The highest BCUT2D eigenvalue weighted by atomic mass is 35.5. The van der Waals surface area contributed by atoms with Gasteiger partial charge in [-0.25, -0.2) is 0 Å². The van der Waals surface area contributed by atoms with Gasteiger partial charge in [-0.15, -0.1) is 0 Å². The number of rotatable bonds is 33. The summed E-state index contributed by atoms with van der Waals surface area (Å²) in [5, 5.41) is 9.73. The van der Waals surface area contributed by atoms with Crippen molar-refractivity contribution in [2.75, 3.05) is 104 Å². The fourth-order valence-electron chi connectivity index (χ4n) is 9.66. The van der Waals surface area contributed by atoms with Gasteiger partial charge in [-0.3, -0.25) is 18.5 Å². The predicted octanol–water partition coefficient (Wildman–Crippen LogP) is 7.42. The van der Waals surface area contributed by atoms with Gasteiger partial charge in [-0.2, -0.15) is 29.8 Å². The summed E-state index contributed by atoms with van der Waals surface area (Å²) in [6, 6.07) is 8.83. The lowest BCUT2D eigenvalue weighted by atomic mass is 9.75. The Morgan fingerprint density at radius 3 is 1.89 bits per heavy atom. The van der Waals surface area contributed by atoms with E-state index in [0.29, 0.717) is 125 Å². The molecule has 23 heteroatoms. The summed E-state index contributed by atoms with van der Waals surface area (Å²) < 4.78 is 139. The molecule has 0 aromatic heterocycles. The van der Waals surface area contributed by atoms with E-state index in [0.717, 1.165) is 29.0 Å². The number of nitrogens with zero attached hydrogens (tertiary/aromatic N) is 2. The van der Waals surface area contributed by atoms with E-state index in [1.807, 2.05) is 42.7 Å². The molecule has 3 aliphatic rings. The van der Waals surface area contributed by atoms with Crippen LogP contribution < -0.4 is 4.90 Å². The molecule has 2 unspecified atom stereocenters. The molecule has 2 heterocycles. The van der Waals surface area contributed by atoms with Gasteiger partial charge in [-0.05, 0) is 118 Å². The van der Waals surface area contributed by atoms with Crippen LogP contribution in [-0.2, 0) is 74.4 Å². The second kappa shape index (κ2) is 28.0. The van der Waals surface area contributed by atoms with E-state index in [2.05, 4.69) is 4.90 Å². The Balaban J connectivity index is 1.48. The number of fused-ring (bicyclic) bond motifs is 2. The van der Waals surface area contributed by atoms with Gasteiger partial charge in [0.2, 0.25) is 5.69 Å². The maximum Gasteiger partial charge on any atom is 0.303 e. The zero-order valence-electron chi connectivity index (χ0n) is 42.6. The normalized spacial score (nSPS) is 20.5. The number of unbranched alkanes of at least 4 members (excludes halogenated alkanes) is 2. The number of hydrogen-bond acceptors (Lipinski definition) is 14. The Labute approximate surface area is 441 Å². The topological polar surface area (TPSA) is 262 Å². The lowest BCUT2D eigenvalue weighted by molar-refractivity contribution is -0.442. The lowest BCUT2D eigenvalue weighted by Gasteiger charge is -2.30. The van der Waals surface area contributed by atoms with E-state index < -0.39 is 52.9 Å². The number of ether oxygens (including phenoxy) is 6. The van der Waals surface area contributed by atoms with Crippen molar-refractivity contribution < 1.29 is 81.8 Å². The van der Waals surface area contributed by atoms with Gasteiger partial charge in [0.15, 0.2) is 12.3 Å². The molecule has 0 spiro atoms. The first-order valence-electron chi connectivity index (χ1n) is 24.7. The van der Waals surface area contributed by atoms with E-state index in [1.165, 1.54) is 24.3 Å². The molecule has 2 atom stereocenters. The maximum atomic E-state index is 12.5. The van der Waals surface area contributed by atoms with Crippen LogP contribution in [0.15, 0.2) is 92.4 Å². The first kappa shape index (κ1) is 61.0. The smallest absolute Gasteiger partial charge is 0.303 e. The monoisotopic (exact) mass is 1120 g/mol. The Morgan fingerprint density at radius 1 is 0.703 bits per heavy atom. The van der Waals surface area contributed by atoms with Crippen molar-refractivity contribution in [3.05, 3.63) is 93.7 Å². The third kappa shape index (κ3) is 16.8. The van der Waals surface area contributed by atoms with Crippen LogP contribution in [0.4, 0.5) is 11.4 Å². The van der Waals surface area contributed by atoms with Gasteiger partial charge in [0.05, 0.1) is 73.8 Å². The molecule has 2 aromatic rings. The van der Waals surface area contributed by atoms with Crippen LogP contribution in [-0.4, -0.2) is 159 Å². The fourth-order valence-corrected chi connectivity index (χ4v) is 11.5. The summed E-state index contributed by atoms with van der Waals surface area (Å²) in [6.07, 6.45) is 12.1. The minimum atomic E-state index is -4.64. The van der Waals surface area contributed by atoms with Crippen LogP contribution in [0.5, 0.6) is 0 Å². The van der Waals surface area contributed by atoms with Crippen molar-refractivity contribution in [2.45, 2.75) is 98.7 Å². The number of allylic oxidation sites excluding steroid dienone is 8. The highest BCUT2D eigenvalue weighted by Crippen LogP contribution is 2.51. The largest absolute Gasteiger partial charge is 0.481 e. The van der Waals surface area contributed by atoms with Gasteiger partial charge < -0.3 is 38.4 Å². The molecule has 4 N–H and O–H groups in total. The van der Waals surface area contributed by atoms with E-state index >= 15 is 0 Å². The zero-order valence-corrected chi connectivity index (χ0v) is 45.8. The first-order chi connectivity index (χ1) is 35.0. The summed E-state index contributed by atoms with van der Waals surface area (Å²) in [5.41, 5.74) is 3.92. The number of hydrogen-bond donors (Lipinski definition) is 4. The number of anilines is 1. The minimum Gasteiger partial charge on any atom is -0.481 e. The molecule has 1 aliphatic carbocycles. The van der Waals surface area contributed by atoms with Crippen molar-refractivity contribution in [3.8, 4) is 0 Å². The van der Waals surface area contributed by atoms with E-state index in [1.54, 1.807) is 26.4 Å². The van der Waals surface area contributed by atoms with Crippen molar-refractivity contribution >= 4 is 65.0 Å². The standard InChI is InChI=1S/C51H71ClN2O17S3/c1-50(21-9-35-72(57,58)59)42-36-40(73(60,61)62)16-18-45(42)54(24-26-68-29-30-70-33-34-71-32-31-69-28-27-67-4)46(50)19-13-38-10-8-11-39(49(38)52)14-20-47-51(2,22-25-66-3)43-37-41(74(63,64)65)15-17-44(43)53(47)23-7-5-6-12-48(55)56/h13-20,36-37H,5-12,21-35H2,1-4H3,(H3-,55,56,57,58,59,60,61,62,63,64,65)/p+1. The summed E-state index contributed by atoms with van der Waals surface area (Å²) in [6.45, 7) is 8.34. The van der Waals surface area contributed by atoms with Gasteiger partial charge in [0.25, 0.3) is 30.4 Å². The zero-order chi connectivity index (χ0) is 54.2. The van der Waals surface area contributed by atoms with Crippen molar-refractivity contribution in [1.29, 1.82) is 0 Å². The molecule has 0 saturated carbocycles. The third-order valence-corrected chi connectivity index (χ3v) is 16.5. The second-order valence-electron chi connectivity index (χ2n) is 18.7. The second-order valence-corrected chi connectivity index (χ2v) is 23.5. The number of benzene rings is 2. The SMILES string of the molecule is COCCOCCOCCOCCOCC[N+]1=C(/C=C/C2=C(Cl)C(=C/C=C3/N(CCCCCC(=O)O)c4ccc(S(=O)(=O)O)cc4C3(C)CCOC)/CCC2)C(C)(CCCS(=O)(=O)O)c2cc(S(=O)(=O)O)ccc21. The first-order valence-corrected chi connectivity index (χ1v) is 29.5. The van der Waals surface area contributed by atoms with Crippen LogP contribution in [0.1, 0.15) is 89.2 Å². The molecular formula is C51H72ClN2O17S3+. The Morgan fingerprint density at radius 2 is 1.30 bits per heavy atom. The van der Waals surface area contributed by atoms with E-state index in [4.69, 9.17) is 40.0 Å². The summed E-state index contributed by atoms with van der Waals surface area (Å²) >= 11 is 7.31. The molecule has 0 radical (unpaired) electrons. The third-order valence-electron chi connectivity index (χ3n) is 13.5. The fraction of sp³-hybridized carbons (Fsp3) is 0.569. The molecule has 74 heavy (non-hydrogen) atoms. The summed E-state index contributed by atoms with van der Waals surface area (Å²) in [5.74, 6) is -1.41. The minimum absolute atomic E-state index is 0.0170. The molecule has 2 aliphatic heterocycles. The van der Waals surface area contributed by atoms with Gasteiger partial charge in [-0.1, -0.05) is 30.2 Å². The average molecular weight is 1120 g/mol. The summed E-state index contributed by atoms with van der Waals surface area (Å²) in [7, 11) is -10.3. The maximum absolute atomic E-state index is 12.5. The number of carboxylic acid groups (broad SMARTS) is 1. The van der Waals surface area contributed by atoms with Crippen LogP contribution >= 0.6 is 11.6 Å². The number of aliphatic carboxylic acids is 1. The molecule has 0 saturated heterocycles. The Bertz CT molecular complexity index is 2780. The molecule has 19 nitrogen and oxygen atoms in total. The number of carbonyl (C=O) groups is 1. The Hall–Kier alpha value is -3.88. The van der Waals surface area contributed by atoms with E-state index in [-0.39, 0.29) is 48.8 Å². The molecule has 0 amide bonds. The Kier molecular flexibility index (Phi) is 23.0. The quantitative estimate of drug-likeness (QED) is 0.0308. The van der Waals surface area contributed by atoms with Gasteiger partial charge in [0.1, 0.15) is 6.61 Å². The lowest BCUT2D eigenvalue weighted by Crippen LogP contribution is -2.33. The van der Waals surface area contributed by atoms with E-state index in [9.17, 15) is 48.8 Å². The van der Waals surface area contributed by atoms with Crippen molar-refractivity contribution in [2.24, 2.45) is 0 Å². The molecule has 412 valence electrons. The average Bonchev–Trinajstić information content (AvgIpc) is 3.70. The number of halogens is 1. The van der Waals surface area contributed by atoms with Crippen molar-refractivity contribution in [1.82, 2.24) is 0 Å². The summed E-state index contributed by atoms with van der Waals surface area (Å²) in [4.78, 5) is 12.8. The molecule has 5 rings (SSSR count). The van der Waals surface area contributed by atoms with Crippen LogP contribution in [0.25, 0.3) is 0 Å². The molecular weight excluding hydrogens is 1040 g/mol. The molecule has 0 fully saturated rings.